The Labute approximate surface area is 299 Å². The zero-order chi connectivity index (χ0) is 34.4. The molecule has 51 heavy (non-hydrogen) atoms. The summed E-state index contributed by atoms with van der Waals surface area (Å²) in [6.07, 6.45) is 6.84. The van der Waals surface area contributed by atoms with Crippen LogP contribution < -0.4 is 0 Å². The van der Waals surface area contributed by atoms with Gasteiger partial charge in [0.15, 0.2) is 17.5 Å². The molecule has 246 valence electrons. The van der Waals surface area contributed by atoms with Crippen molar-refractivity contribution in [2.75, 3.05) is 0 Å². The third kappa shape index (κ3) is 5.89. The van der Waals surface area contributed by atoms with Gasteiger partial charge in [-0.15, -0.1) is 0 Å². The maximum Gasteiger partial charge on any atom is 0.164 e. The van der Waals surface area contributed by atoms with Crippen molar-refractivity contribution in [3.05, 3.63) is 151 Å². The Kier molecular flexibility index (Phi) is 7.78. The number of hydrogen-bond donors (Lipinski definition) is 0. The van der Waals surface area contributed by atoms with Crippen LogP contribution in [0.3, 0.4) is 0 Å². The Bertz CT molecular complexity index is 2430. The van der Waals surface area contributed by atoms with Gasteiger partial charge in [-0.1, -0.05) is 141 Å². The highest BCUT2D eigenvalue weighted by Gasteiger charge is 2.41. The van der Waals surface area contributed by atoms with Crippen molar-refractivity contribution in [3.63, 3.8) is 0 Å². The lowest BCUT2D eigenvalue weighted by molar-refractivity contribution is 0.232. The first kappa shape index (κ1) is 31.1. The first-order valence-electron chi connectivity index (χ1n) is 18.1. The lowest BCUT2D eigenvalue weighted by Gasteiger charge is -2.38. The Balaban J connectivity index is 1.15. The summed E-state index contributed by atoms with van der Waals surface area (Å²) in [6.45, 7) is 2.48. The normalized spacial score (nSPS) is 19.5. The molecule has 1 heterocycles. The zero-order valence-electron chi connectivity index (χ0n) is 28.8. The Morgan fingerprint density at radius 2 is 1.08 bits per heavy atom. The molecule has 4 nitrogen and oxygen atoms in total. The molecule has 0 spiro atoms. The SMILES string of the molecule is CC1(c2ccc(-c3ccccc3-c3nc(-c4ccccc4)nc(-c4ccccc4-c4ccc5ccc(C#N)cc5c4)n3)cc2)C[C@@H]2CC[C@@H](C2)C1. The number of nitriles is 1. The second-order valence-corrected chi connectivity index (χ2v) is 14.7. The minimum atomic E-state index is 0.256. The minimum Gasteiger partial charge on any atom is -0.208 e. The van der Waals surface area contributed by atoms with Gasteiger partial charge in [0.25, 0.3) is 0 Å². The first-order chi connectivity index (χ1) is 25.0. The topological polar surface area (TPSA) is 62.5 Å². The number of benzene rings is 6. The van der Waals surface area contributed by atoms with Gasteiger partial charge in [-0.05, 0) is 93.3 Å². The van der Waals surface area contributed by atoms with Gasteiger partial charge >= 0.3 is 0 Å². The maximum atomic E-state index is 9.53. The van der Waals surface area contributed by atoms with Crippen molar-refractivity contribution in [2.24, 2.45) is 11.8 Å². The standard InChI is InChI=1S/C47H38N4/c1-47(28-31-15-16-32(25-31)29-47)39-23-21-35(22-24-39)40-11-5-7-13-42(40)45-49-44(36-9-3-2-4-10-36)50-46(51-45)43-14-8-6-12-41(43)37-20-19-34-18-17-33(30-48)26-38(34)27-37/h2-14,17-24,26-27,31-32H,15-16,25,28-29H2,1H3/t31-,32+,47?. The van der Waals surface area contributed by atoms with E-state index in [1.54, 1.807) is 0 Å². The summed E-state index contributed by atoms with van der Waals surface area (Å²) >= 11 is 0. The molecule has 3 atom stereocenters. The van der Waals surface area contributed by atoms with E-state index in [1.165, 1.54) is 37.7 Å². The predicted molar refractivity (Wildman–Crippen MR) is 207 cm³/mol. The second kappa shape index (κ2) is 12.8. The molecule has 2 saturated carbocycles. The van der Waals surface area contributed by atoms with Crippen LogP contribution >= 0.6 is 0 Å². The van der Waals surface area contributed by atoms with Crippen LogP contribution in [0.15, 0.2) is 140 Å². The molecular formula is C47H38N4. The van der Waals surface area contributed by atoms with Crippen LogP contribution in [0.2, 0.25) is 0 Å². The fraction of sp³-hybridized carbons (Fsp3) is 0.191. The van der Waals surface area contributed by atoms with Crippen LogP contribution in [-0.4, -0.2) is 15.0 Å². The second-order valence-electron chi connectivity index (χ2n) is 14.7. The van der Waals surface area contributed by atoms with Gasteiger partial charge in [0, 0.05) is 16.7 Å². The molecular weight excluding hydrogens is 621 g/mol. The Morgan fingerprint density at radius 3 is 1.73 bits per heavy atom. The summed E-state index contributed by atoms with van der Waals surface area (Å²) in [5, 5.41) is 11.6. The number of fused-ring (bicyclic) bond motifs is 3. The van der Waals surface area contributed by atoms with Crippen molar-refractivity contribution in [1.29, 1.82) is 5.26 Å². The first-order valence-corrected chi connectivity index (χ1v) is 18.1. The highest BCUT2D eigenvalue weighted by atomic mass is 15.0. The van der Waals surface area contributed by atoms with E-state index < -0.39 is 0 Å². The van der Waals surface area contributed by atoms with Crippen LogP contribution in [0.25, 0.3) is 67.2 Å². The van der Waals surface area contributed by atoms with E-state index in [-0.39, 0.29) is 5.41 Å². The molecule has 4 heteroatoms. The molecule has 7 aromatic rings. The van der Waals surface area contributed by atoms with Crippen LogP contribution in [0.1, 0.15) is 50.2 Å². The summed E-state index contributed by atoms with van der Waals surface area (Å²) in [6, 6.07) is 50.7. The number of hydrogen-bond acceptors (Lipinski definition) is 4. The maximum absolute atomic E-state index is 9.53. The van der Waals surface area contributed by atoms with Gasteiger partial charge in [0.2, 0.25) is 0 Å². The molecule has 0 aliphatic heterocycles. The molecule has 2 aliphatic carbocycles. The lowest BCUT2D eigenvalue weighted by Crippen LogP contribution is -2.30. The van der Waals surface area contributed by atoms with Crippen molar-refractivity contribution in [1.82, 2.24) is 15.0 Å². The largest absolute Gasteiger partial charge is 0.208 e. The molecule has 1 unspecified atom stereocenters. The van der Waals surface area contributed by atoms with E-state index in [4.69, 9.17) is 15.0 Å². The average Bonchev–Trinajstić information content (AvgIpc) is 3.55. The van der Waals surface area contributed by atoms with Crippen LogP contribution in [0.4, 0.5) is 0 Å². The molecule has 9 rings (SSSR count). The number of aromatic nitrogens is 3. The van der Waals surface area contributed by atoms with E-state index in [9.17, 15) is 5.26 Å². The van der Waals surface area contributed by atoms with Crippen molar-refractivity contribution in [3.8, 4) is 62.5 Å². The summed E-state index contributed by atoms with van der Waals surface area (Å²) in [5.74, 6) is 3.65. The van der Waals surface area contributed by atoms with Crippen molar-refractivity contribution < 1.29 is 0 Å². The fourth-order valence-electron chi connectivity index (χ4n) is 8.87. The Hall–Kier alpha value is -5.92. The van der Waals surface area contributed by atoms with Crippen LogP contribution in [-0.2, 0) is 5.41 Å². The summed E-state index contributed by atoms with van der Waals surface area (Å²) in [7, 11) is 0. The summed E-state index contributed by atoms with van der Waals surface area (Å²) in [5.41, 5.74) is 9.51. The summed E-state index contributed by atoms with van der Waals surface area (Å²) < 4.78 is 0. The average molecular weight is 659 g/mol. The number of nitrogens with zero attached hydrogens (tertiary/aromatic N) is 4. The van der Waals surface area contributed by atoms with Gasteiger partial charge in [0.05, 0.1) is 11.6 Å². The van der Waals surface area contributed by atoms with E-state index in [1.807, 2.05) is 60.7 Å². The predicted octanol–water partition coefficient (Wildman–Crippen LogP) is 11.7. The quantitative estimate of drug-likeness (QED) is 0.178. The smallest absolute Gasteiger partial charge is 0.164 e. The minimum absolute atomic E-state index is 0.256. The van der Waals surface area contributed by atoms with E-state index in [0.717, 1.165) is 61.6 Å². The number of rotatable bonds is 6. The van der Waals surface area contributed by atoms with Gasteiger partial charge in [-0.25, -0.2) is 15.0 Å². The molecule has 0 amide bonds. The van der Waals surface area contributed by atoms with E-state index in [0.29, 0.717) is 23.0 Å². The van der Waals surface area contributed by atoms with Crippen molar-refractivity contribution >= 4 is 10.8 Å². The van der Waals surface area contributed by atoms with Crippen LogP contribution in [0.5, 0.6) is 0 Å². The van der Waals surface area contributed by atoms with Gasteiger partial charge in [0.1, 0.15) is 0 Å². The molecule has 0 N–H and O–H groups in total. The monoisotopic (exact) mass is 658 g/mol. The highest BCUT2D eigenvalue weighted by Crippen LogP contribution is 2.52. The van der Waals surface area contributed by atoms with Crippen LogP contribution in [0, 0.1) is 23.2 Å². The van der Waals surface area contributed by atoms with Gasteiger partial charge < -0.3 is 0 Å². The van der Waals surface area contributed by atoms with Gasteiger partial charge in [-0.2, -0.15) is 5.26 Å². The van der Waals surface area contributed by atoms with Gasteiger partial charge in [-0.3, -0.25) is 0 Å². The third-order valence-corrected chi connectivity index (χ3v) is 11.3. The molecule has 2 fully saturated rings. The fourth-order valence-corrected chi connectivity index (χ4v) is 8.87. The third-order valence-electron chi connectivity index (χ3n) is 11.3. The molecule has 2 bridgehead atoms. The summed E-state index contributed by atoms with van der Waals surface area (Å²) in [4.78, 5) is 15.4. The molecule has 0 saturated heterocycles. The molecule has 6 aromatic carbocycles. The molecule has 2 aliphatic rings. The van der Waals surface area contributed by atoms with Crippen molar-refractivity contribution in [2.45, 2.75) is 44.4 Å². The lowest BCUT2D eigenvalue weighted by atomic mass is 9.66. The zero-order valence-corrected chi connectivity index (χ0v) is 28.8. The van der Waals surface area contributed by atoms with E-state index >= 15 is 0 Å². The molecule has 0 radical (unpaired) electrons. The molecule has 1 aromatic heterocycles. The Morgan fingerprint density at radius 1 is 0.529 bits per heavy atom. The highest BCUT2D eigenvalue weighted by molar-refractivity contribution is 5.91. The van der Waals surface area contributed by atoms with E-state index in [2.05, 4.69) is 91.9 Å².